The summed E-state index contributed by atoms with van der Waals surface area (Å²) in [6.07, 6.45) is 3.02. The second kappa shape index (κ2) is 7.11. The Morgan fingerprint density at radius 1 is 1.65 bits per heavy atom. The lowest BCUT2D eigenvalue weighted by Gasteiger charge is -2.13. The van der Waals surface area contributed by atoms with E-state index in [9.17, 15) is 4.79 Å². The van der Waals surface area contributed by atoms with Gasteiger partial charge in [0.05, 0.1) is 12.5 Å². The molecule has 1 amide bonds. The van der Waals surface area contributed by atoms with Gasteiger partial charge in [-0.1, -0.05) is 12.1 Å². The minimum absolute atomic E-state index is 0.0519. The molecule has 0 spiro atoms. The molecule has 0 aromatic carbocycles. The van der Waals surface area contributed by atoms with Gasteiger partial charge < -0.3 is 21.0 Å². The number of amides is 1. The van der Waals surface area contributed by atoms with Crippen LogP contribution in [0.1, 0.15) is 26.2 Å². The van der Waals surface area contributed by atoms with Gasteiger partial charge in [0.2, 0.25) is 5.91 Å². The van der Waals surface area contributed by atoms with E-state index in [1.807, 2.05) is 6.92 Å². The Labute approximate surface area is 101 Å². The van der Waals surface area contributed by atoms with Gasteiger partial charge >= 0.3 is 0 Å². The molecule has 0 aliphatic heterocycles. The number of carbonyl (C=O) groups is 1. The van der Waals surface area contributed by atoms with Crippen molar-refractivity contribution in [3.63, 3.8) is 0 Å². The molecule has 0 heterocycles. The van der Waals surface area contributed by atoms with E-state index < -0.39 is 5.92 Å². The topological polar surface area (TPSA) is 96.9 Å². The van der Waals surface area contributed by atoms with Gasteiger partial charge in [-0.15, -0.1) is 0 Å². The molecule has 98 valence electrons. The van der Waals surface area contributed by atoms with Crippen molar-refractivity contribution >= 4 is 11.7 Å². The zero-order valence-electron chi connectivity index (χ0n) is 10.2. The molecule has 1 aliphatic carbocycles. The predicted molar refractivity (Wildman–Crippen MR) is 63.7 cm³/mol. The third kappa shape index (κ3) is 5.04. The average molecular weight is 243 g/mol. The van der Waals surface area contributed by atoms with Crippen molar-refractivity contribution in [2.45, 2.75) is 26.2 Å². The summed E-state index contributed by atoms with van der Waals surface area (Å²) in [4.78, 5) is 11.6. The molecule has 6 heteroatoms. The Hall–Kier alpha value is -1.30. The molecule has 4 N–H and O–H groups in total. The summed E-state index contributed by atoms with van der Waals surface area (Å²) < 4.78 is 5.38. The minimum Gasteiger partial charge on any atom is -0.409 e. The van der Waals surface area contributed by atoms with Crippen molar-refractivity contribution in [3.05, 3.63) is 0 Å². The summed E-state index contributed by atoms with van der Waals surface area (Å²) in [5.41, 5.74) is 5.41. The number of hydrogen-bond acceptors (Lipinski definition) is 4. The van der Waals surface area contributed by atoms with Crippen LogP contribution in [0.25, 0.3) is 0 Å². The van der Waals surface area contributed by atoms with Crippen LogP contribution in [-0.4, -0.2) is 36.7 Å². The Kier molecular flexibility index (Phi) is 5.76. The summed E-state index contributed by atoms with van der Waals surface area (Å²) in [7, 11) is 0. The number of carbonyl (C=O) groups excluding carboxylic acids is 1. The van der Waals surface area contributed by atoms with E-state index in [0.717, 1.165) is 12.5 Å². The highest BCUT2D eigenvalue weighted by molar-refractivity contribution is 6.01. The summed E-state index contributed by atoms with van der Waals surface area (Å²) >= 11 is 0. The van der Waals surface area contributed by atoms with E-state index in [1.165, 1.54) is 12.8 Å². The normalized spacial score (nSPS) is 17.8. The van der Waals surface area contributed by atoms with Crippen LogP contribution < -0.4 is 11.1 Å². The van der Waals surface area contributed by atoms with Gasteiger partial charge in [-0.3, -0.25) is 4.79 Å². The van der Waals surface area contributed by atoms with Crippen LogP contribution in [0.5, 0.6) is 0 Å². The standard InChI is InChI=1S/C11H21N3O3/c1-2-9(10(12)14-16)11(15)13-5-6-17-7-8-3-4-8/h8-9,16H,2-7H2,1H3,(H2,12,14)(H,13,15). The number of nitrogens with one attached hydrogen (secondary N) is 1. The van der Waals surface area contributed by atoms with E-state index in [4.69, 9.17) is 15.7 Å². The maximum Gasteiger partial charge on any atom is 0.230 e. The summed E-state index contributed by atoms with van der Waals surface area (Å²) in [5.74, 6) is -0.114. The fourth-order valence-electron chi connectivity index (χ4n) is 1.50. The highest BCUT2D eigenvalue weighted by atomic mass is 16.5. The number of rotatable bonds is 8. The maximum absolute atomic E-state index is 11.6. The highest BCUT2D eigenvalue weighted by Gasteiger charge is 2.22. The third-order valence-corrected chi connectivity index (χ3v) is 2.79. The number of amidine groups is 1. The van der Waals surface area contributed by atoms with Crippen molar-refractivity contribution in [3.8, 4) is 0 Å². The Morgan fingerprint density at radius 3 is 2.88 bits per heavy atom. The molecule has 0 aromatic rings. The van der Waals surface area contributed by atoms with Crippen molar-refractivity contribution < 1.29 is 14.7 Å². The fraction of sp³-hybridized carbons (Fsp3) is 0.818. The first-order chi connectivity index (χ1) is 8.19. The average Bonchev–Trinajstić information content (AvgIpc) is 3.13. The molecule has 1 rings (SSSR count). The van der Waals surface area contributed by atoms with E-state index in [1.54, 1.807) is 0 Å². The Balaban J connectivity index is 2.13. The first-order valence-corrected chi connectivity index (χ1v) is 6.01. The van der Waals surface area contributed by atoms with Crippen molar-refractivity contribution in [1.82, 2.24) is 5.32 Å². The van der Waals surface area contributed by atoms with Gasteiger partial charge in [-0.05, 0) is 25.2 Å². The third-order valence-electron chi connectivity index (χ3n) is 2.79. The lowest BCUT2D eigenvalue weighted by atomic mass is 10.1. The molecule has 0 bridgehead atoms. The quantitative estimate of drug-likeness (QED) is 0.188. The molecular weight excluding hydrogens is 222 g/mol. The van der Waals surface area contributed by atoms with Crippen LogP contribution in [0.3, 0.4) is 0 Å². The number of ether oxygens (including phenoxy) is 1. The maximum atomic E-state index is 11.6. The monoisotopic (exact) mass is 243 g/mol. The smallest absolute Gasteiger partial charge is 0.230 e. The molecular formula is C11H21N3O3. The van der Waals surface area contributed by atoms with Gasteiger partial charge in [0.15, 0.2) is 5.84 Å². The summed E-state index contributed by atoms with van der Waals surface area (Å²) in [6, 6.07) is 0. The van der Waals surface area contributed by atoms with E-state index in [2.05, 4.69) is 10.5 Å². The van der Waals surface area contributed by atoms with Gasteiger partial charge in [0.1, 0.15) is 0 Å². The Bertz CT molecular complexity index is 277. The van der Waals surface area contributed by atoms with Crippen LogP contribution in [-0.2, 0) is 9.53 Å². The minimum atomic E-state index is -0.566. The van der Waals surface area contributed by atoms with Gasteiger partial charge in [0, 0.05) is 13.2 Å². The van der Waals surface area contributed by atoms with E-state index in [-0.39, 0.29) is 11.7 Å². The van der Waals surface area contributed by atoms with Crippen molar-refractivity contribution in [1.29, 1.82) is 0 Å². The van der Waals surface area contributed by atoms with Crippen LogP contribution in [0, 0.1) is 11.8 Å². The largest absolute Gasteiger partial charge is 0.409 e. The zero-order chi connectivity index (χ0) is 12.7. The van der Waals surface area contributed by atoms with Crippen LogP contribution in [0.2, 0.25) is 0 Å². The molecule has 0 radical (unpaired) electrons. The number of nitrogens with two attached hydrogens (primary N) is 1. The van der Waals surface area contributed by atoms with Gasteiger partial charge in [-0.2, -0.15) is 0 Å². The number of hydrogen-bond donors (Lipinski definition) is 3. The van der Waals surface area contributed by atoms with Crippen molar-refractivity contribution in [2.24, 2.45) is 22.7 Å². The van der Waals surface area contributed by atoms with Gasteiger partial charge in [-0.25, -0.2) is 0 Å². The Morgan fingerprint density at radius 2 is 2.35 bits per heavy atom. The molecule has 1 aliphatic rings. The summed E-state index contributed by atoms with van der Waals surface area (Å²) in [6.45, 7) is 3.56. The molecule has 0 saturated heterocycles. The molecule has 0 aromatic heterocycles. The van der Waals surface area contributed by atoms with Crippen LogP contribution in [0.4, 0.5) is 0 Å². The SMILES string of the molecule is CCC(C(=O)NCCOCC1CC1)C(N)=NO. The predicted octanol–water partition coefficient (Wildman–Crippen LogP) is 0.302. The molecule has 1 fully saturated rings. The summed E-state index contributed by atoms with van der Waals surface area (Å²) in [5, 5.41) is 14.1. The first kappa shape index (κ1) is 13.8. The van der Waals surface area contributed by atoms with Crippen molar-refractivity contribution in [2.75, 3.05) is 19.8 Å². The molecule has 1 unspecified atom stereocenters. The van der Waals surface area contributed by atoms with E-state index >= 15 is 0 Å². The van der Waals surface area contributed by atoms with Crippen LogP contribution in [0.15, 0.2) is 5.16 Å². The van der Waals surface area contributed by atoms with E-state index in [0.29, 0.717) is 19.6 Å². The zero-order valence-corrected chi connectivity index (χ0v) is 10.2. The van der Waals surface area contributed by atoms with Crippen LogP contribution >= 0.6 is 0 Å². The molecule has 17 heavy (non-hydrogen) atoms. The lowest BCUT2D eigenvalue weighted by molar-refractivity contribution is -0.123. The first-order valence-electron chi connectivity index (χ1n) is 6.01. The van der Waals surface area contributed by atoms with Gasteiger partial charge in [0.25, 0.3) is 0 Å². The fourth-order valence-corrected chi connectivity index (χ4v) is 1.50. The second-order valence-corrected chi connectivity index (χ2v) is 4.30. The molecule has 1 atom stereocenters. The molecule has 6 nitrogen and oxygen atoms in total. The second-order valence-electron chi connectivity index (χ2n) is 4.30. The highest BCUT2D eigenvalue weighted by Crippen LogP contribution is 2.28. The number of oxime groups is 1. The molecule has 1 saturated carbocycles. The lowest BCUT2D eigenvalue weighted by Crippen LogP contribution is -2.39. The number of nitrogens with zero attached hydrogens (tertiary/aromatic N) is 1.